The molecule has 0 saturated heterocycles. The van der Waals surface area contributed by atoms with Crippen molar-refractivity contribution in [1.29, 1.82) is 0 Å². The minimum atomic E-state index is -0.134. The number of H-pyrrole nitrogens is 1. The number of anilines is 2. The van der Waals surface area contributed by atoms with Crippen molar-refractivity contribution >= 4 is 17.4 Å². The van der Waals surface area contributed by atoms with E-state index in [-0.39, 0.29) is 5.91 Å². The third kappa shape index (κ3) is 5.17. The first-order chi connectivity index (χ1) is 17.1. The molecule has 4 aromatic rings. The Morgan fingerprint density at radius 3 is 2.80 bits per heavy atom. The zero-order chi connectivity index (χ0) is 24.2. The summed E-state index contributed by atoms with van der Waals surface area (Å²) in [6.45, 7) is 1.99. The number of benzene rings is 2. The van der Waals surface area contributed by atoms with Gasteiger partial charge < -0.3 is 20.3 Å². The van der Waals surface area contributed by atoms with Crippen molar-refractivity contribution in [2.45, 2.75) is 19.5 Å². The second-order valence-electron chi connectivity index (χ2n) is 8.86. The van der Waals surface area contributed by atoms with E-state index < -0.39 is 0 Å². The number of amides is 1. The summed E-state index contributed by atoms with van der Waals surface area (Å²) in [6, 6.07) is 15.6. The molecule has 178 valence electrons. The smallest absolute Gasteiger partial charge is 0.255 e. The molecule has 2 aromatic carbocycles. The fourth-order valence-corrected chi connectivity index (χ4v) is 4.27. The van der Waals surface area contributed by atoms with Crippen molar-refractivity contribution in [1.82, 2.24) is 20.1 Å². The van der Waals surface area contributed by atoms with E-state index in [4.69, 9.17) is 4.74 Å². The van der Waals surface area contributed by atoms with Crippen LogP contribution in [0.25, 0.3) is 11.1 Å². The quantitative estimate of drug-likeness (QED) is 0.356. The Bertz CT molecular complexity index is 1330. The molecule has 8 heteroatoms. The van der Waals surface area contributed by atoms with Crippen LogP contribution >= 0.6 is 0 Å². The van der Waals surface area contributed by atoms with Crippen LogP contribution in [-0.4, -0.2) is 46.7 Å². The molecule has 1 amide bonds. The second kappa shape index (κ2) is 9.99. The van der Waals surface area contributed by atoms with Gasteiger partial charge in [0.2, 0.25) is 0 Å². The van der Waals surface area contributed by atoms with Crippen LogP contribution in [0.5, 0.6) is 5.75 Å². The molecule has 0 spiro atoms. The SMILES string of the molecule is CN(C)Cc1cccc(NC(=O)c2cccc(CNc3ncc(-c4cn[nH]c4)c4c3CCO4)c2)c1. The van der Waals surface area contributed by atoms with Gasteiger partial charge in [0.05, 0.1) is 12.8 Å². The summed E-state index contributed by atoms with van der Waals surface area (Å²) < 4.78 is 5.91. The van der Waals surface area contributed by atoms with E-state index in [1.165, 1.54) is 0 Å². The van der Waals surface area contributed by atoms with E-state index in [0.717, 1.165) is 58.0 Å². The number of hydrogen-bond acceptors (Lipinski definition) is 6. The fraction of sp³-hybridized carbons (Fsp3) is 0.222. The van der Waals surface area contributed by atoms with Crippen molar-refractivity contribution < 1.29 is 9.53 Å². The third-order valence-corrected chi connectivity index (χ3v) is 5.87. The topological polar surface area (TPSA) is 95.2 Å². The summed E-state index contributed by atoms with van der Waals surface area (Å²) in [4.78, 5) is 19.6. The molecule has 3 heterocycles. The van der Waals surface area contributed by atoms with E-state index in [2.05, 4.69) is 36.8 Å². The maximum absolute atomic E-state index is 12.9. The van der Waals surface area contributed by atoms with Crippen molar-refractivity contribution in [3.8, 4) is 16.9 Å². The van der Waals surface area contributed by atoms with Crippen LogP contribution < -0.4 is 15.4 Å². The summed E-state index contributed by atoms with van der Waals surface area (Å²) >= 11 is 0. The van der Waals surface area contributed by atoms with Gasteiger partial charge in [-0.3, -0.25) is 9.89 Å². The van der Waals surface area contributed by atoms with Gasteiger partial charge in [-0.2, -0.15) is 5.10 Å². The molecule has 1 aliphatic heterocycles. The average molecular weight is 469 g/mol. The molecule has 2 aromatic heterocycles. The third-order valence-electron chi connectivity index (χ3n) is 5.87. The van der Waals surface area contributed by atoms with Gasteiger partial charge in [-0.15, -0.1) is 0 Å². The van der Waals surface area contributed by atoms with Crippen LogP contribution in [0.3, 0.4) is 0 Å². The molecule has 5 rings (SSSR count). The van der Waals surface area contributed by atoms with Gasteiger partial charge >= 0.3 is 0 Å². The standard InChI is InChI=1S/C27H28N6O2/c1-33(2)17-19-6-4-8-22(12-19)32-27(34)20-7-3-5-18(11-20)13-28-26-23-9-10-35-25(23)24(16-29-26)21-14-30-31-15-21/h3-8,11-12,14-16H,9-10,13,17H2,1-2H3,(H,28,29)(H,30,31)(H,32,34). The zero-order valence-corrected chi connectivity index (χ0v) is 19.8. The van der Waals surface area contributed by atoms with Crippen LogP contribution in [0, 0.1) is 0 Å². The summed E-state index contributed by atoms with van der Waals surface area (Å²) in [5.74, 6) is 1.52. The van der Waals surface area contributed by atoms with Crippen molar-refractivity contribution in [3.05, 3.63) is 89.4 Å². The minimum Gasteiger partial charge on any atom is -0.492 e. The monoisotopic (exact) mass is 468 g/mol. The van der Waals surface area contributed by atoms with Crippen molar-refractivity contribution in [3.63, 3.8) is 0 Å². The maximum atomic E-state index is 12.9. The van der Waals surface area contributed by atoms with Crippen LogP contribution in [0.4, 0.5) is 11.5 Å². The number of pyridine rings is 1. The Morgan fingerprint density at radius 1 is 1.11 bits per heavy atom. The Morgan fingerprint density at radius 2 is 1.97 bits per heavy atom. The lowest BCUT2D eigenvalue weighted by molar-refractivity contribution is 0.102. The molecule has 0 saturated carbocycles. The van der Waals surface area contributed by atoms with Crippen LogP contribution in [0.1, 0.15) is 27.0 Å². The molecule has 0 aliphatic carbocycles. The zero-order valence-electron chi connectivity index (χ0n) is 19.8. The van der Waals surface area contributed by atoms with Gasteiger partial charge in [-0.05, 0) is 49.5 Å². The maximum Gasteiger partial charge on any atom is 0.255 e. The van der Waals surface area contributed by atoms with Crippen LogP contribution in [-0.2, 0) is 19.5 Å². The van der Waals surface area contributed by atoms with Gasteiger partial charge in [0.25, 0.3) is 5.91 Å². The van der Waals surface area contributed by atoms with E-state index >= 15 is 0 Å². The van der Waals surface area contributed by atoms with Crippen molar-refractivity contribution in [2.24, 2.45) is 0 Å². The van der Waals surface area contributed by atoms with Gasteiger partial charge in [0.15, 0.2) is 0 Å². The highest BCUT2D eigenvalue weighted by atomic mass is 16.5. The average Bonchev–Trinajstić information content (AvgIpc) is 3.55. The first-order valence-corrected chi connectivity index (χ1v) is 11.6. The van der Waals surface area contributed by atoms with Crippen LogP contribution in [0.15, 0.2) is 67.1 Å². The second-order valence-corrected chi connectivity index (χ2v) is 8.86. The summed E-state index contributed by atoms with van der Waals surface area (Å²) in [7, 11) is 4.05. The molecule has 3 N–H and O–H groups in total. The number of nitrogens with zero attached hydrogens (tertiary/aromatic N) is 3. The summed E-state index contributed by atoms with van der Waals surface area (Å²) in [5, 5.41) is 13.3. The number of aromatic nitrogens is 3. The minimum absolute atomic E-state index is 0.134. The highest BCUT2D eigenvalue weighted by Crippen LogP contribution is 2.39. The Kier molecular flexibility index (Phi) is 6.45. The predicted molar refractivity (Wildman–Crippen MR) is 137 cm³/mol. The number of ether oxygens (including phenoxy) is 1. The molecule has 0 fully saturated rings. The Balaban J connectivity index is 1.27. The van der Waals surface area contributed by atoms with Gasteiger partial charge in [0.1, 0.15) is 11.6 Å². The number of aromatic amines is 1. The Hall–Kier alpha value is -4.17. The number of carbonyl (C=O) groups excluding carboxylic acids is 1. The first kappa shape index (κ1) is 22.6. The molecule has 0 atom stereocenters. The van der Waals surface area contributed by atoms with Crippen molar-refractivity contribution in [2.75, 3.05) is 31.3 Å². The molecular formula is C27H28N6O2. The lowest BCUT2D eigenvalue weighted by Gasteiger charge is -2.13. The lowest BCUT2D eigenvalue weighted by atomic mass is 10.1. The van der Waals surface area contributed by atoms with Gasteiger partial charge in [-0.1, -0.05) is 24.3 Å². The lowest BCUT2D eigenvalue weighted by Crippen LogP contribution is -2.14. The molecule has 0 radical (unpaired) electrons. The summed E-state index contributed by atoms with van der Waals surface area (Å²) in [6.07, 6.45) is 6.21. The van der Waals surface area contributed by atoms with Crippen LogP contribution in [0.2, 0.25) is 0 Å². The van der Waals surface area contributed by atoms with E-state index in [0.29, 0.717) is 18.7 Å². The number of hydrogen-bond donors (Lipinski definition) is 3. The molecule has 0 bridgehead atoms. The predicted octanol–water partition coefficient (Wildman–Crippen LogP) is 4.33. The Labute approximate surface area is 204 Å². The molecular weight excluding hydrogens is 440 g/mol. The fourth-order valence-electron chi connectivity index (χ4n) is 4.27. The van der Waals surface area contributed by atoms with Gasteiger partial charge in [-0.25, -0.2) is 4.98 Å². The summed E-state index contributed by atoms with van der Waals surface area (Å²) in [5.41, 5.74) is 6.49. The molecule has 0 unspecified atom stereocenters. The first-order valence-electron chi connectivity index (χ1n) is 11.6. The number of fused-ring (bicyclic) bond motifs is 1. The largest absolute Gasteiger partial charge is 0.492 e. The molecule has 8 nitrogen and oxygen atoms in total. The highest BCUT2D eigenvalue weighted by Gasteiger charge is 2.22. The van der Waals surface area contributed by atoms with E-state index in [1.807, 2.05) is 69.0 Å². The van der Waals surface area contributed by atoms with Gasteiger partial charge in [0, 0.05) is 59.8 Å². The highest BCUT2D eigenvalue weighted by molar-refractivity contribution is 6.04. The number of nitrogens with one attached hydrogen (secondary N) is 3. The van der Waals surface area contributed by atoms with E-state index in [1.54, 1.807) is 6.20 Å². The molecule has 1 aliphatic rings. The normalized spacial score (nSPS) is 12.3. The number of rotatable bonds is 8. The number of carbonyl (C=O) groups is 1. The molecule has 35 heavy (non-hydrogen) atoms. The van der Waals surface area contributed by atoms with E-state index in [9.17, 15) is 4.79 Å².